The molecule has 4 nitrogen and oxygen atoms in total. The molecule has 21 heavy (non-hydrogen) atoms. The molecule has 1 atom stereocenters. The Kier molecular flexibility index (Phi) is 5.62. The molecule has 0 radical (unpaired) electrons. The van der Waals surface area contributed by atoms with Crippen LogP contribution in [0.3, 0.4) is 0 Å². The average molecular weight is 310 g/mol. The number of halogens is 1. The van der Waals surface area contributed by atoms with Gasteiger partial charge in [0, 0.05) is 19.0 Å². The van der Waals surface area contributed by atoms with Crippen molar-refractivity contribution in [3.05, 3.63) is 35.9 Å². The highest BCUT2D eigenvalue weighted by molar-refractivity contribution is 6.63. The van der Waals surface area contributed by atoms with Gasteiger partial charge in [0.25, 0.3) is 0 Å². The van der Waals surface area contributed by atoms with Crippen molar-refractivity contribution in [3.63, 3.8) is 0 Å². The molecule has 2 rings (SSSR count). The van der Waals surface area contributed by atoms with Crippen LogP contribution in [0.2, 0.25) is 0 Å². The Labute approximate surface area is 130 Å². The summed E-state index contributed by atoms with van der Waals surface area (Å²) in [4.78, 5) is 24.9. The van der Waals surface area contributed by atoms with Crippen LogP contribution in [-0.2, 0) is 16.1 Å². The largest absolute Gasteiger partial charge is 0.445 e. The first-order valence-corrected chi connectivity index (χ1v) is 7.60. The Balaban J connectivity index is 1.77. The second-order valence-electron chi connectivity index (χ2n) is 5.46. The highest BCUT2D eigenvalue weighted by atomic mass is 35.5. The van der Waals surface area contributed by atoms with E-state index in [1.807, 2.05) is 37.3 Å². The maximum absolute atomic E-state index is 12.0. The number of amides is 1. The lowest BCUT2D eigenvalue weighted by molar-refractivity contribution is -0.116. The van der Waals surface area contributed by atoms with Crippen LogP contribution in [0.25, 0.3) is 0 Å². The number of nitrogens with zero attached hydrogens (tertiary/aromatic N) is 1. The molecule has 114 valence electrons. The lowest BCUT2D eigenvalue weighted by Crippen LogP contribution is -2.40. The van der Waals surface area contributed by atoms with E-state index in [9.17, 15) is 9.59 Å². The fourth-order valence-electron chi connectivity index (χ4n) is 2.58. The summed E-state index contributed by atoms with van der Waals surface area (Å²) in [5.74, 6) is 0.113. The summed E-state index contributed by atoms with van der Waals surface area (Å²) in [6.07, 6.45) is 1.29. The second kappa shape index (κ2) is 7.46. The molecule has 0 N–H and O–H groups in total. The molecule has 0 aromatic heterocycles. The van der Waals surface area contributed by atoms with Crippen molar-refractivity contribution < 1.29 is 14.3 Å². The van der Waals surface area contributed by atoms with Gasteiger partial charge in [-0.2, -0.15) is 0 Å². The van der Waals surface area contributed by atoms with E-state index in [-0.39, 0.29) is 29.8 Å². The van der Waals surface area contributed by atoms with E-state index < -0.39 is 0 Å². The number of piperidine rings is 1. The van der Waals surface area contributed by atoms with Crippen LogP contribution in [0.5, 0.6) is 0 Å². The summed E-state index contributed by atoms with van der Waals surface area (Å²) in [7, 11) is 0. The fourth-order valence-corrected chi connectivity index (χ4v) is 2.76. The van der Waals surface area contributed by atoms with E-state index in [1.165, 1.54) is 0 Å². The summed E-state index contributed by atoms with van der Waals surface area (Å²) in [6.45, 7) is 3.37. The molecule has 1 fully saturated rings. The normalized spacial score (nSPS) is 17.3. The van der Waals surface area contributed by atoms with Gasteiger partial charge in [0.15, 0.2) is 0 Å². The van der Waals surface area contributed by atoms with Crippen molar-refractivity contribution in [3.8, 4) is 0 Å². The van der Waals surface area contributed by atoms with Gasteiger partial charge >= 0.3 is 6.09 Å². The Morgan fingerprint density at radius 3 is 2.48 bits per heavy atom. The maximum Gasteiger partial charge on any atom is 0.410 e. The minimum absolute atomic E-state index is 0.144. The number of carbonyl (C=O) groups excluding carboxylic acids is 2. The minimum atomic E-state index is -0.292. The summed E-state index contributed by atoms with van der Waals surface area (Å²) in [5, 5.41) is -0.292. The smallest absolute Gasteiger partial charge is 0.410 e. The van der Waals surface area contributed by atoms with Crippen molar-refractivity contribution in [1.29, 1.82) is 0 Å². The number of likely N-dealkylation sites (tertiary alicyclic amines) is 1. The molecule has 1 heterocycles. The monoisotopic (exact) mass is 309 g/mol. The number of rotatable bonds is 4. The van der Waals surface area contributed by atoms with Crippen molar-refractivity contribution in [2.75, 3.05) is 13.1 Å². The average Bonchev–Trinajstić information content (AvgIpc) is 2.53. The maximum atomic E-state index is 12.0. The van der Waals surface area contributed by atoms with Gasteiger partial charge in [-0.1, -0.05) is 37.3 Å². The Hall–Kier alpha value is -1.55. The molecule has 1 aliphatic heterocycles. The number of hydrogen-bond donors (Lipinski definition) is 0. The Bertz CT molecular complexity index is 484. The van der Waals surface area contributed by atoms with Crippen LogP contribution in [0, 0.1) is 11.8 Å². The van der Waals surface area contributed by atoms with Crippen molar-refractivity contribution in [2.45, 2.75) is 26.4 Å². The van der Waals surface area contributed by atoms with Crippen LogP contribution in [-0.4, -0.2) is 29.3 Å². The van der Waals surface area contributed by atoms with E-state index in [1.54, 1.807) is 4.90 Å². The van der Waals surface area contributed by atoms with Crippen LogP contribution in [0.15, 0.2) is 30.3 Å². The SMILES string of the molecule is CC(C(=O)Cl)C1CCN(C(=O)OCc2ccccc2)CC1. The van der Waals surface area contributed by atoms with Crippen molar-refractivity contribution >= 4 is 22.9 Å². The molecule has 0 aliphatic carbocycles. The predicted octanol–water partition coefficient (Wildman–Crippen LogP) is 3.44. The number of benzene rings is 1. The number of ether oxygens (including phenoxy) is 1. The van der Waals surface area contributed by atoms with E-state index in [4.69, 9.17) is 16.3 Å². The van der Waals surface area contributed by atoms with Crippen molar-refractivity contribution in [2.24, 2.45) is 11.8 Å². The van der Waals surface area contributed by atoms with Gasteiger partial charge < -0.3 is 9.64 Å². The van der Waals surface area contributed by atoms with Gasteiger partial charge in [-0.25, -0.2) is 4.79 Å². The summed E-state index contributed by atoms with van der Waals surface area (Å²) in [6, 6.07) is 9.61. The van der Waals surface area contributed by atoms with E-state index in [0.29, 0.717) is 13.1 Å². The first kappa shape index (κ1) is 15.8. The third kappa shape index (κ3) is 4.46. The molecular weight excluding hydrogens is 290 g/mol. The number of carbonyl (C=O) groups is 2. The third-order valence-corrected chi connectivity index (χ3v) is 4.41. The van der Waals surface area contributed by atoms with Gasteiger partial charge in [0.2, 0.25) is 5.24 Å². The van der Waals surface area contributed by atoms with E-state index in [0.717, 1.165) is 18.4 Å². The Morgan fingerprint density at radius 1 is 1.29 bits per heavy atom. The molecule has 1 amide bonds. The third-order valence-electron chi connectivity index (χ3n) is 4.07. The summed E-state index contributed by atoms with van der Waals surface area (Å²) in [5.41, 5.74) is 0.974. The first-order chi connectivity index (χ1) is 10.1. The minimum Gasteiger partial charge on any atom is -0.445 e. The molecule has 1 saturated heterocycles. The predicted molar refractivity (Wildman–Crippen MR) is 80.9 cm³/mol. The molecule has 1 unspecified atom stereocenters. The van der Waals surface area contributed by atoms with Gasteiger partial charge in [0.1, 0.15) is 6.61 Å². The molecule has 1 aromatic carbocycles. The highest BCUT2D eigenvalue weighted by Gasteiger charge is 2.29. The highest BCUT2D eigenvalue weighted by Crippen LogP contribution is 2.26. The molecule has 5 heteroatoms. The summed E-state index contributed by atoms with van der Waals surface area (Å²) >= 11 is 5.53. The van der Waals surface area contributed by atoms with E-state index >= 15 is 0 Å². The molecule has 0 saturated carbocycles. The Morgan fingerprint density at radius 2 is 1.90 bits per heavy atom. The zero-order chi connectivity index (χ0) is 15.2. The molecule has 1 aromatic rings. The zero-order valence-corrected chi connectivity index (χ0v) is 12.9. The lowest BCUT2D eigenvalue weighted by atomic mass is 9.86. The molecular formula is C16H20ClNO3. The molecule has 0 bridgehead atoms. The standard InChI is InChI=1S/C16H20ClNO3/c1-12(15(17)19)14-7-9-18(10-8-14)16(20)21-11-13-5-3-2-4-6-13/h2-6,12,14H,7-11H2,1H3. The summed E-state index contributed by atoms with van der Waals surface area (Å²) < 4.78 is 5.30. The van der Waals surface area contributed by atoms with Gasteiger partial charge in [-0.05, 0) is 35.9 Å². The number of hydrogen-bond acceptors (Lipinski definition) is 3. The van der Waals surface area contributed by atoms with E-state index in [2.05, 4.69) is 0 Å². The van der Waals surface area contributed by atoms with Crippen LogP contribution in [0.1, 0.15) is 25.3 Å². The zero-order valence-electron chi connectivity index (χ0n) is 12.1. The topological polar surface area (TPSA) is 46.6 Å². The van der Waals surface area contributed by atoms with Crippen LogP contribution < -0.4 is 0 Å². The second-order valence-corrected chi connectivity index (χ2v) is 5.83. The molecule has 0 spiro atoms. The lowest BCUT2D eigenvalue weighted by Gasteiger charge is -2.33. The van der Waals surface area contributed by atoms with Crippen molar-refractivity contribution in [1.82, 2.24) is 4.90 Å². The fraction of sp³-hybridized carbons (Fsp3) is 0.500. The van der Waals surface area contributed by atoms with Gasteiger partial charge in [-0.3, -0.25) is 4.79 Å². The molecule has 1 aliphatic rings. The van der Waals surface area contributed by atoms with Crippen LogP contribution >= 0.6 is 11.6 Å². The van der Waals surface area contributed by atoms with Gasteiger partial charge in [-0.15, -0.1) is 0 Å². The van der Waals surface area contributed by atoms with Crippen LogP contribution in [0.4, 0.5) is 4.79 Å². The first-order valence-electron chi connectivity index (χ1n) is 7.23. The van der Waals surface area contributed by atoms with Gasteiger partial charge in [0.05, 0.1) is 0 Å². The quantitative estimate of drug-likeness (QED) is 0.800.